The van der Waals surface area contributed by atoms with E-state index in [1.54, 1.807) is 0 Å². The number of quaternary nitrogens is 1. The Morgan fingerprint density at radius 3 is 2.00 bits per heavy atom. The van der Waals surface area contributed by atoms with Crippen molar-refractivity contribution >= 4 is 0 Å². The summed E-state index contributed by atoms with van der Waals surface area (Å²) < 4.78 is 0.966. The van der Waals surface area contributed by atoms with Gasteiger partial charge >= 0.3 is 0 Å². The third-order valence-corrected chi connectivity index (χ3v) is 2.50. The molecule has 0 aliphatic carbocycles. The lowest BCUT2D eigenvalue weighted by Gasteiger charge is -2.28. The number of nitrogens with zero attached hydrogens (tertiary/aromatic N) is 1. The van der Waals surface area contributed by atoms with Crippen molar-refractivity contribution in [3.05, 3.63) is 48.6 Å². The highest BCUT2D eigenvalue weighted by molar-refractivity contribution is 5.13. The zero-order valence-corrected chi connectivity index (χ0v) is 13.0. The first kappa shape index (κ1) is 21.4. The van der Waals surface area contributed by atoms with E-state index >= 15 is 0 Å². The Morgan fingerprint density at radius 1 is 1.15 bits per heavy atom. The maximum atomic E-state index is 8.17. The molecule has 0 saturated heterocycles. The van der Waals surface area contributed by atoms with Crippen molar-refractivity contribution in [2.75, 3.05) is 33.9 Å². The van der Waals surface area contributed by atoms with E-state index in [4.69, 9.17) is 15.3 Å². The van der Waals surface area contributed by atoms with Gasteiger partial charge in [-0.25, -0.2) is 0 Å². The lowest BCUT2D eigenvalue weighted by Crippen LogP contribution is -3.00. The fourth-order valence-corrected chi connectivity index (χ4v) is 1.55. The summed E-state index contributed by atoms with van der Waals surface area (Å²) >= 11 is 0. The van der Waals surface area contributed by atoms with Crippen LogP contribution in [-0.2, 0) is 6.54 Å². The summed E-state index contributed by atoms with van der Waals surface area (Å²) in [6, 6.07) is 10.6. The zero-order chi connectivity index (χ0) is 14.7. The summed E-state index contributed by atoms with van der Waals surface area (Å²) in [6.45, 7) is 5.11. The van der Waals surface area contributed by atoms with E-state index in [9.17, 15) is 0 Å². The molecule has 0 fully saturated rings. The third kappa shape index (κ3) is 11.0. The number of halogens is 1. The molecule has 5 heteroatoms. The first-order valence-corrected chi connectivity index (χ1v) is 6.31. The van der Waals surface area contributed by atoms with Crippen LogP contribution < -0.4 is 12.4 Å². The van der Waals surface area contributed by atoms with Crippen molar-refractivity contribution in [2.24, 2.45) is 0 Å². The summed E-state index contributed by atoms with van der Waals surface area (Å²) in [7, 11) is 4.43. The van der Waals surface area contributed by atoms with Crippen LogP contribution in [0.1, 0.15) is 5.56 Å². The molecular formula is C15H26ClNO3. The third-order valence-electron chi connectivity index (χ3n) is 2.50. The molecule has 0 atom stereocenters. The topological polar surface area (TPSA) is 60.7 Å². The number of likely N-dealkylation sites (N-methyl/N-ethyl adjacent to an activating group) is 1. The molecule has 0 radical (unpaired) electrons. The Balaban J connectivity index is 0. The van der Waals surface area contributed by atoms with E-state index in [2.05, 4.69) is 51.0 Å². The second kappa shape index (κ2) is 11.9. The number of hydrogen-bond acceptors (Lipinski definition) is 3. The highest BCUT2D eigenvalue weighted by atomic mass is 35.5. The van der Waals surface area contributed by atoms with Crippen LogP contribution >= 0.6 is 0 Å². The Labute approximate surface area is 128 Å². The van der Waals surface area contributed by atoms with Gasteiger partial charge in [-0.15, -0.1) is 0 Å². The summed E-state index contributed by atoms with van der Waals surface area (Å²) in [5.74, 6) is 0. The van der Waals surface area contributed by atoms with Crippen LogP contribution in [0.4, 0.5) is 0 Å². The van der Waals surface area contributed by atoms with Crippen molar-refractivity contribution in [2.45, 2.75) is 12.6 Å². The number of benzene rings is 1. The standard InChI is InChI=1S/C12H18N.C3H8O3.ClH/c1-4-10-13(2,3)11-12-8-6-5-7-9-12;4-1-3(6)2-5;/h4-9H,1,10-11H2,2-3H3;3-6H,1-2H2;1H/q+1;;/p-1. The molecule has 0 aliphatic rings. The SMILES string of the molecule is C=CC[N+](C)(C)Cc1ccccc1.OCC(O)CO.[Cl-]. The van der Waals surface area contributed by atoms with Gasteiger partial charge < -0.3 is 32.2 Å². The van der Waals surface area contributed by atoms with E-state index in [-0.39, 0.29) is 25.6 Å². The van der Waals surface area contributed by atoms with Crippen LogP contribution in [0.3, 0.4) is 0 Å². The molecule has 0 heterocycles. The molecule has 1 rings (SSSR count). The Bertz CT molecular complexity index is 340. The van der Waals surface area contributed by atoms with Crippen molar-refractivity contribution in [1.82, 2.24) is 0 Å². The molecule has 20 heavy (non-hydrogen) atoms. The summed E-state index contributed by atoms with van der Waals surface area (Å²) in [5, 5.41) is 24.0. The maximum Gasteiger partial charge on any atom is 0.104 e. The number of aliphatic hydroxyl groups excluding tert-OH is 3. The summed E-state index contributed by atoms with van der Waals surface area (Å²) in [5.41, 5.74) is 1.38. The Kier molecular flexibility index (Phi) is 12.7. The normalized spacial score (nSPS) is 10.3. The van der Waals surface area contributed by atoms with Crippen LogP contribution in [0.5, 0.6) is 0 Å². The van der Waals surface area contributed by atoms with E-state index in [1.807, 2.05) is 6.08 Å². The quantitative estimate of drug-likeness (QED) is 0.412. The lowest BCUT2D eigenvalue weighted by atomic mass is 10.2. The van der Waals surface area contributed by atoms with Crippen molar-refractivity contribution in [3.63, 3.8) is 0 Å². The van der Waals surface area contributed by atoms with Gasteiger partial charge in [0.2, 0.25) is 0 Å². The molecule has 3 N–H and O–H groups in total. The van der Waals surface area contributed by atoms with Gasteiger partial charge in [0.1, 0.15) is 12.6 Å². The molecule has 116 valence electrons. The van der Waals surface area contributed by atoms with Gasteiger partial charge in [0, 0.05) is 5.56 Å². The zero-order valence-electron chi connectivity index (χ0n) is 12.2. The minimum atomic E-state index is -0.954. The van der Waals surface area contributed by atoms with Crippen LogP contribution in [0.25, 0.3) is 0 Å². The number of hydrogen-bond donors (Lipinski definition) is 3. The van der Waals surface area contributed by atoms with Crippen molar-refractivity contribution in [1.29, 1.82) is 0 Å². The first-order chi connectivity index (χ1) is 8.95. The predicted molar refractivity (Wildman–Crippen MR) is 77.5 cm³/mol. The molecule has 4 nitrogen and oxygen atoms in total. The van der Waals surface area contributed by atoms with Crippen molar-refractivity contribution < 1.29 is 32.2 Å². The van der Waals surface area contributed by atoms with E-state index in [0.29, 0.717) is 0 Å². The van der Waals surface area contributed by atoms with Gasteiger partial charge in [-0.3, -0.25) is 0 Å². The fourth-order valence-electron chi connectivity index (χ4n) is 1.55. The Morgan fingerprint density at radius 2 is 1.65 bits per heavy atom. The summed E-state index contributed by atoms with van der Waals surface area (Å²) in [6.07, 6.45) is 1.02. The van der Waals surface area contributed by atoms with Crippen LogP contribution in [0.15, 0.2) is 43.0 Å². The van der Waals surface area contributed by atoms with Gasteiger partial charge in [0.15, 0.2) is 0 Å². The Hall–Kier alpha value is -0.910. The molecule has 0 bridgehead atoms. The van der Waals surface area contributed by atoms with E-state index < -0.39 is 6.10 Å². The predicted octanol–water partition coefficient (Wildman–Crippen LogP) is -2.22. The lowest BCUT2D eigenvalue weighted by molar-refractivity contribution is -0.897. The number of aliphatic hydroxyl groups is 3. The molecule has 0 amide bonds. The molecule has 0 unspecified atom stereocenters. The maximum absolute atomic E-state index is 8.17. The average molecular weight is 304 g/mol. The molecule has 1 aromatic rings. The average Bonchev–Trinajstić information content (AvgIpc) is 2.39. The largest absolute Gasteiger partial charge is 1.00 e. The molecule has 0 aromatic heterocycles. The van der Waals surface area contributed by atoms with Crippen molar-refractivity contribution in [3.8, 4) is 0 Å². The van der Waals surface area contributed by atoms with Gasteiger partial charge in [-0.1, -0.05) is 36.9 Å². The molecule has 1 aromatic carbocycles. The number of rotatable bonds is 6. The first-order valence-electron chi connectivity index (χ1n) is 6.31. The second-order valence-electron chi connectivity index (χ2n) is 5.07. The highest BCUT2D eigenvalue weighted by Gasteiger charge is 2.12. The smallest absolute Gasteiger partial charge is 0.104 e. The van der Waals surface area contributed by atoms with Crippen LogP contribution in [0, 0.1) is 0 Å². The summed E-state index contributed by atoms with van der Waals surface area (Å²) in [4.78, 5) is 0. The molecule has 0 aliphatic heterocycles. The fraction of sp³-hybridized carbons (Fsp3) is 0.467. The molecular weight excluding hydrogens is 278 g/mol. The minimum absolute atomic E-state index is 0. The highest BCUT2D eigenvalue weighted by Crippen LogP contribution is 2.08. The molecule has 0 spiro atoms. The second-order valence-corrected chi connectivity index (χ2v) is 5.07. The molecule has 0 saturated carbocycles. The van der Waals surface area contributed by atoms with Crippen LogP contribution in [-0.4, -0.2) is 59.8 Å². The van der Waals surface area contributed by atoms with E-state index in [0.717, 1.165) is 17.6 Å². The van der Waals surface area contributed by atoms with E-state index in [1.165, 1.54) is 5.56 Å². The van der Waals surface area contributed by atoms with Gasteiger partial charge in [-0.2, -0.15) is 0 Å². The monoisotopic (exact) mass is 303 g/mol. The minimum Gasteiger partial charge on any atom is -1.00 e. The van der Waals surface area contributed by atoms with Gasteiger partial charge in [0.25, 0.3) is 0 Å². The van der Waals surface area contributed by atoms with Crippen LogP contribution in [0.2, 0.25) is 0 Å². The van der Waals surface area contributed by atoms with Gasteiger partial charge in [-0.05, 0) is 6.08 Å². The van der Waals surface area contributed by atoms with Gasteiger partial charge in [0.05, 0.1) is 33.9 Å².